The summed E-state index contributed by atoms with van der Waals surface area (Å²) in [6, 6.07) is 26.1. The van der Waals surface area contributed by atoms with Gasteiger partial charge in [0.05, 0.1) is 23.5 Å². The van der Waals surface area contributed by atoms with E-state index in [4.69, 9.17) is 9.97 Å². The van der Waals surface area contributed by atoms with Gasteiger partial charge in [-0.3, -0.25) is 9.20 Å². The first-order valence-corrected chi connectivity index (χ1v) is 16.1. The predicted molar refractivity (Wildman–Crippen MR) is 182 cm³/mol. The number of pyridine rings is 1. The maximum absolute atomic E-state index is 12.7. The molecule has 1 amide bonds. The lowest BCUT2D eigenvalue weighted by Crippen LogP contribution is -2.46. The molecular weight excluding hydrogens is 581 g/mol. The van der Waals surface area contributed by atoms with E-state index < -0.39 is 0 Å². The summed E-state index contributed by atoms with van der Waals surface area (Å²) in [6.45, 7) is 7.59. The van der Waals surface area contributed by atoms with Gasteiger partial charge in [0.25, 0.3) is 0 Å². The zero-order valence-electron chi connectivity index (χ0n) is 25.1. The van der Waals surface area contributed by atoms with Crippen LogP contribution in [0.5, 0.6) is 0 Å². The van der Waals surface area contributed by atoms with E-state index in [1.807, 2.05) is 76.0 Å². The number of rotatable bonds is 9. The topological polar surface area (TPSA) is 90.7 Å². The van der Waals surface area contributed by atoms with Gasteiger partial charge in [0.1, 0.15) is 5.65 Å². The summed E-state index contributed by atoms with van der Waals surface area (Å²) in [6.07, 6.45) is 4.09. The van der Waals surface area contributed by atoms with Gasteiger partial charge >= 0.3 is 0 Å². The average molecular weight is 615 g/mol. The van der Waals surface area contributed by atoms with Gasteiger partial charge in [-0.05, 0) is 83.5 Å². The molecule has 9 nitrogen and oxygen atoms in total. The van der Waals surface area contributed by atoms with Crippen molar-refractivity contribution >= 4 is 45.9 Å². The van der Waals surface area contributed by atoms with Crippen molar-refractivity contribution in [2.24, 2.45) is 0 Å². The lowest BCUT2D eigenvalue weighted by Gasteiger charge is -2.35. The Morgan fingerprint density at radius 3 is 2.58 bits per heavy atom. The molecule has 0 aliphatic carbocycles. The molecule has 0 saturated carbocycles. The van der Waals surface area contributed by atoms with E-state index in [1.165, 1.54) is 5.69 Å². The van der Waals surface area contributed by atoms with Crippen molar-refractivity contribution in [2.75, 3.05) is 48.3 Å². The smallest absolute Gasteiger partial charge is 0.228 e. The number of carbonyl (C=O) groups excluding carboxylic acids is 1. The molecule has 5 heterocycles. The molecule has 2 N–H and O–H groups in total. The molecule has 0 unspecified atom stereocenters. The Hall–Kier alpha value is -5.06. The molecule has 45 heavy (non-hydrogen) atoms. The number of thiophene rings is 1. The molecule has 6 aromatic rings. The monoisotopic (exact) mass is 614 g/mol. The first-order valence-electron chi connectivity index (χ1n) is 15.2. The quantitative estimate of drug-likeness (QED) is 0.190. The fourth-order valence-electron chi connectivity index (χ4n) is 5.73. The molecule has 0 radical (unpaired) electrons. The molecule has 0 bridgehead atoms. The van der Waals surface area contributed by atoms with Crippen molar-refractivity contribution in [3.8, 4) is 22.6 Å². The number of nitrogens with zero attached hydrogens (tertiary/aromatic N) is 6. The number of hydrogen-bond acceptors (Lipinski definition) is 8. The highest BCUT2D eigenvalue weighted by atomic mass is 32.1. The summed E-state index contributed by atoms with van der Waals surface area (Å²) in [4.78, 5) is 32.0. The van der Waals surface area contributed by atoms with Crippen LogP contribution in [0.1, 0.15) is 12.5 Å². The molecular formula is C35H34N8OS. The third kappa shape index (κ3) is 6.43. The van der Waals surface area contributed by atoms with Crippen molar-refractivity contribution in [3.63, 3.8) is 0 Å². The van der Waals surface area contributed by atoms with E-state index in [-0.39, 0.29) is 5.91 Å². The van der Waals surface area contributed by atoms with Gasteiger partial charge in [0.2, 0.25) is 11.9 Å². The van der Waals surface area contributed by atoms with Crippen molar-refractivity contribution in [1.29, 1.82) is 0 Å². The van der Waals surface area contributed by atoms with Crippen LogP contribution in [0.4, 0.5) is 23.0 Å². The van der Waals surface area contributed by atoms with Gasteiger partial charge in [-0.15, -0.1) is 0 Å². The number of likely N-dealkylation sites (N-methyl/N-ethyl adjacent to an activating group) is 1. The van der Waals surface area contributed by atoms with Crippen molar-refractivity contribution in [3.05, 3.63) is 108 Å². The van der Waals surface area contributed by atoms with Gasteiger partial charge in [-0.1, -0.05) is 25.1 Å². The standard InChI is InChI=1S/C35H34N8OS/c1-2-41-17-19-42(20-18-41)29-11-9-27(10-12-29)38-35-36-15-13-30(39-35)34-33(40-31-8-3-4-16-43(31)34)26-6-5-7-28(23-26)37-32(44)22-25-14-21-45-24-25/h3-16,21,23-24H,2,17-20,22H2,1H3,(H,37,44)(H,36,38,39). The number of carbonyl (C=O) groups is 1. The number of aromatic nitrogens is 4. The molecule has 10 heteroatoms. The predicted octanol–water partition coefficient (Wildman–Crippen LogP) is 6.59. The largest absolute Gasteiger partial charge is 0.369 e. The minimum absolute atomic E-state index is 0.0561. The van der Waals surface area contributed by atoms with Crippen molar-refractivity contribution < 1.29 is 4.79 Å². The Balaban J connectivity index is 1.14. The molecule has 1 aliphatic rings. The zero-order valence-corrected chi connectivity index (χ0v) is 25.9. The van der Waals surface area contributed by atoms with E-state index in [0.717, 1.165) is 78.0 Å². The van der Waals surface area contributed by atoms with E-state index in [0.29, 0.717) is 12.4 Å². The number of imidazole rings is 1. The Morgan fingerprint density at radius 2 is 1.78 bits per heavy atom. The molecule has 2 aromatic carbocycles. The summed E-state index contributed by atoms with van der Waals surface area (Å²) in [5, 5.41) is 10.4. The van der Waals surface area contributed by atoms with E-state index in [1.54, 1.807) is 17.5 Å². The number of nitrogens with one attached hydrogen (secondary N) is 2. The lowest BCUT2D eigenvalue weighted by atomic mass is 10.1. The first kappa shape index (κ1) is 28.7. The Labute approximate surface area is 266 Å². The molecule has 4 aromatic heterocycles. The van der Waals surface area contributed by atoms with Crippen LogP contribution >= 0.6 is 11.3 Å². The maximum atomic E-state index is 12.7. The molecule has 0 spiro atoms. The molecule has 226 valence electrons. The molecule has 1 aliphatic heterocycles. The minimum atomic E-state index is -0.0561. The normalized spacial score (nSPS) is 13.7. The second-order valence-corrected chi connectivity index (χ2v) is 11.8. The highest BCUT2D eigenvalue weighted by Gasteiger charge is 2.19. The van der Waals surface area contributed by atoms with Crippen LogP contribution in [-0.2, 0) is 11.2 Å². The van der Waals surface area contributed by atoms with Gasteiger partial charge < -0.3 is 20.4 Å². The zero-order chi connectivity index (χ0) is 30.6. The van der Waals surface area contributed by atoms with E-state index in [2.05, 4.69) is 56.6 Å². The average Bonchev–Trinajstić information content (AvgIpc) is 3.73. The lowest BCUT2D eigenvalue weighted by molar-refractivity contribution is -0.115. The number of benzene rings is 2. The van der Waals surface area contributed by atoms with E-state index >= 15 is 0 Å². The van der Waals surface area contributed by atoms with Crippen LogP contribution in [-0.4, -0.2) is 62.9 Å². The van der Waals surface area contributed by atoms with Crippen LogP contribution in [0.15, 0.2) is 102 Å². The summed E-state index contributed by atoms with van der Waals surface area (Å²) in [7, 11) is 0. The number of hydrogen-bond donors (Lipinski definition) is 2. The summed E-state index contributed by atoms with van der Waals surface area (Å²) in [5.74, 6) is 0.447. The number of amides is 1. The Bertz CT molecular complexity index is 1910. The van der Waals surface area contributed by atoms with Crippen LogP contribution in [0, 0.1) is 0 Å². The van der Waals surface area contributed by atoms with Crippen LogP contribution < -0.4 is 15.5 Å². The van der Waals surface area contributed by atoms with E-state index in [9.17, 15) is 4.79 Å². The van der Waals surface area contributed by atoms with Gasteiger partial charge in [-0.25, -0.2) is 15.0 Å². The van der Waals surface area contributed by atoms with Crippen molar-refractivity contribution in [1.82, 2.24) is 24.3 Å². The summed E-state index contributed by atoms with van der Waals surface area (Å²) in [5.41, 5.74) is 7.91. The highest BCUT2D eigenvalue weighted by molar-refractivity contribution is 7.08. The third-order valence-electron chi connectivity index (χ3n) is 8.10. The second kappa shape index (κ2) is 12.9. The molecule has 1 saturated heterocycles. The highest BCUT2D eigenvalue weighted by Crippen LogP contribution is 2.33. The number of piperazine rings is 1. The second-order valence-electron chi connectivity index (χ2n) is 11.0. The Morgan fingerprint density at radius 1 is 0.911 bits per heavy atom. The van der Waals surface area contributed by atoms with Crippen LogP contribution in [0.3, 0.4) is 0 Å². The number of anilines is 4. The van der Waals surface area contributed by atoms with Gasteiger partial charge in [0.15, 0.2) is 0 Å². The fourth-order valence-corrected chi connectivity index (χ4v) is 6.40. The fraction of sp³-hybridized carbons (Fsp3) is 0.200. The van der Waals surface area contributed by atoms with Gasteiger partial charge in [-0.2, -0.15) is 11.3 Å². The van der Waals surface area contributed by atoms with Crippen molar-refractivity contribution in [2.45, 2.75) is 13.3 Å². The molecule has 7 rings (SSSR count). The Kier molecular flexibility index (Phi) is 8.22. The third-order valence-corrected chi connectivity index (χ3v) is 8.83. The summed E-state index contributed by atoms with van der Waals surface area (Å²) < 4.78 is 2.04. The number of fused-ring (bicyclic) bond motifs is 1. The van der Waals surface area contributed by atoms with Crippen LogP contribution in [0.2, 0.25) is 0 Å². The summed E-state index contributed by atoms with van der Waals surface area (Å²) >= 11 is 1.59. The molecule has 0 atom stereocenters. The molecule has 1 fully saturated rings. The van der Waals surface area contributed by atoms with Gasteiger partial charge in [0, 0.05) is 61.2 Å². The SMILES string of the molecule is CCN1CCN(c2ccc(Nc3nccc(-c4c(-c5cccc(NC(=O)Cc6ccsc6)c5)nc5ccccn45)n3)cc2)CC1. The maximum Gasteiger partial charge on any atom is 0.228 e. The minimum Gasteiger partial charge on any atom is -0.369 e. The van der Waals surface area contributed by atoms with Crippen LogP contribution in [0.25, 0.3) is 28.3 Å². The first-order chi connectivity index (χ1) is 22.1.